The second kappa shape index (κ2) is 12.5. The van der Waals surface area contributed by atoms with Gasteiger partial charge < -0.3 is 15.5 Å². The number of halogens is 2. The van der Waals surface area contributed by atoms with E-state index < -0.39 is 0 Å². The zero-order valence-corrected chi connectivity index (χ0v) is 17.8. The van der Waals surface area contributed by atoms with Crippen LogP contribution in [0.5, 0.6) is 0 Å². The number of likely N-dealkylation sites (tertiary alicyclic amines) is 1. The van der Waals surface area contributed by atoms with E-state index in [2.05, 4.69) is 27.4 Å². The Balaban J connectivity index is 0.00000312. The van der Waals surface area contributed by atoms with Crippen LogP contribution in [0.3, 0.4) is 0 Å². The smallest absolute Gasteiger partial charge is 0.190 e. The quantitative estimate of drug-likeness (QED) is 0.371. The van der Waals surface area contributed by atoms with E-state index in [1.165, 1.54) is 38.4 Å². The van der Waals surface area contributed by atoms with E-state index in [1.54, 1.807) is 13.1 Å². The molecule has 0 spiro atoms. The minimum atomic E-state index is -0.141. The summed E-state index contributed by atoms with van der Waals surface area (Å²) in [7, 11) is 1.77. The molecule has 1 aliphatic heterocycles. The van der Waals surface area contributed by atoms with Gasteiger partial charge in [-0.2, -0.15) is 0 Å². The maximum atomic E-state index is 13.6. The van der Waals surface area contributed by atoms with Crippen LogP contribution in [0.2, 0.25) is 0 Å². The summed E-state index contributed by atoms with van der Waals surface area (Å²) in [5, 5.41) is 6.64. The van der Waals surface area contributed by atoms with Gasteiger partial charge in [0.1, 0.15) is 5.82 Å². The van der Waals surface area contributed by atoms with E-state index in [1.807, 2.05) is 12.1 Å². The van der Waals surface area contributed by atoms with Crippen LogP contribution in [0.15, 0.2) is 29.3 Å². The molecule has 25 heavy (non-hydrogen) atoms. The van der Waals surface area contributed by atoms with E-state index in [9.17, 15) is 4.39 Å². The minimum absolute atomic E-state index is 0. The predicted molar refractivity (Wildman–Crippen MR) is 114 cm³/mol. The van der Waals surface area contributed by atoms with E-state index >= 15 is 0 Å². The molecule has 1 saturated heterocycles. The van der Waals surface area contributed by atoms with Crippen molar-refractivity contribution in [1.82, 2.24) is 15.5 Å². The van der Waals surface area contributed by atoms with Crippen molar-refractivity contribution >= 4 is 29.9 Å². The number of piperidine rings is 1. The van der Waals surface area contributed by atoms with Crippen LogP contribution in [0.1, 0.15) is 31.7 Å². The molecule has 4 nitrogen and oxygen atoms in total. The van der Waals surface area contributed by atoms with E-state index in [0.29, 0.717) is 18.9 Å². The standard InChI is InChI=1S/C19H31FN4.HI/c1-16(15-24-12-6-3-7-13-24)14-23-19(21-2)22-11-10-17-8-4-5-9-18(17)20;/h4-5,8-9,16H,3,6-7,10-15H2,1-2H3,(H2,21,22,23);1H. The maximum absolute atomic E-state index is 13.6. The molecule has 1 aliphatic rings. The highest BCUT2D eigenvalue weighted by molar-refractivity contribution is 14.0. The Labute approximate surface area is 168 Å². The molecule has 142 valence electrons. The zero-order chi connectivity index (χ0) is 17.2. The topological polar surface area (TPSA) is 39.7 Å². The number of hydrogen-bond donors (Lipinski definition) is 2. The van der Waals surface area contributed by atoms with Gasteiger partial charge in [-0.05, 0) is 49.9 Å². The molecule has 0 amide bonds. The van der Waals surface area contributed by atoms with Crippen LogP contribution in [0.4, 0.5) is 4.39 Å². The number of aliphatic imine (C=N–C) groups is 1. The molecule has 0 radical (unpaired) electrons. The van der Waals surface area contributed by atoms with Crippen molar-refractivity contribution in [3.05, 3.63) is 35.6 Å². The van der Waals surface area contributed by atoms with Crippen molar-refractivity contribution in [1.29, 1.82) is 0 Å². The average Bonchev–Trinajstić information content (AvgIpc) is 2.60. The molecule has 2 rings (SSSR count). The molecule has 1 fully saturated rings. The SMILES string of the molecule is CN=C(NCCc1ccccc1F)NCC(C)CN1CCCCC1.I. The van der Waals surface area contributed by atoms with Crippen molar-refractivity contribution in [2.75, 3.05) is 39.8 Å². The molecule has 1 atom stereocenters. The van der Waals surface area contributed by atoms with Crippen LogP contribution >= 0.6 is 24.0 Å². The predicted octanol–water partition coefficient (Wildman–Crippen LogP) is 3.27. The number of nitrogens with one attached hydrogen (secondary N) is 2. The summed E-state index contributed by atoms with van der Waals surface area (Å²) < 4.78 is 13.6. The third-order valence-corrected chi connectivity index (χ3v) is 4.50. The zero-order valence-electron chi connectivity index (χ0n) is 15.4. The number of hydrogen-bond acceptors (Lipinski definition) is 2. The maximum Gasteiger partial charge on any atom is 0.190 e. The third-order valence-electron chi connectivity index (χ3n) is 4.50. The fourth-order valence-electron chi connectivity index (χ4n) is 3.16. The molecule has 0 aromatic heterocycles. The van der Waals surface area contributed by atoms with E-state index in [-0.39, 0.29) is 29.8 Å². The molecular formula is C19H32FIN4. The second-order valence-electron chi connectivity index (χ2n) is 6.69. The third kappa shape index (κ3) is 8.35. The summed E-state index contributed by atoms with van der Waals surface area (Å²) in [6, 6.07) is 6.92. The minimum Gasteiger partial charge on any atom is -0.356 e. The van der Waals surface area contributed by atoms with Gasteiger partial charge in [-0.15, -0.1) is 24.0 Å². The highest BCUT2D eigenvalue weighted by Gasteiger charge is 2.13. The molecular weight excluding hydrogens is 430 g/mol. The first-order valence-electron chi connectivity index (χ1n) is 9.09. The summed E-state index contributed by atoms with van der Waals surface area (Å²) in [5.41, 5.74) is 0.735. The van der Waals surface area contributed by atoms with Gasteiger partial charge in [-0.3, -0.25) is 4.99 Å². The Kier molecular flexibility index (Phi) is 11.0. The monoisotopic (exact) mass is 462 g/mol. The van der Waals surface area contributed by atoms with Crippen molar-refractivity contribution in [3.8, 4) is 0 Å². The molecule has 1 unspecified atom stereocenters. The molecule has 0 aliphatic carbocycles. The molecule has 6 heteroatoms. The number of rotatable bonds is 7. The molecule has 1 aromatic carbocycles. The summed E-state index contributed by atoms with van der Waals surface area (Å²) >= 11 is 0. The summed E-state index contributed by atoms with van der Waals surface area (Å²) in [6.45, 7) is 7.45. The normalized spacial score (nSPS) is 16.8. The molecule has 0 bridgehead atoms. The number of nitrogens with zero attached hydrogens (tertiary/aromatic N) is 2. The molecule has 1 aromatic rings. The number of guanidine groups is 1. The average molecular weight is 462 g/mol. The number of benzene rings is 1. The molecule has 1 heterocycles. The fraction of sp³-hybridized carbons (Fsp3) is 0.632. The van der Waals surface area contributed by atoms with Gasteiger partial charge in [0, 0.05) is 26.7 Å². The lowest BCUT2D eigenvalue weighted by atomic mass is 10.1. The van der Waals surface area contributed by atoms with Gasteiger partial charge in [0.05, 0.1) is 0 Å². The Morgan fingerprint density at radius 2 is 1.92 bits per heavy atom. The Hall–Kier alpha value is -0.890. The Bertz CT molecular complexity index is 518. The van der Waals surface area contributed by atoms with Crippen molar-refractivity contribution in [2.45, 2.75) is 32.6 Å². The van der Waals surface area contributed by atoms with E-state index in [4.69, 9.17) is 0 Å². The second-order valence-corrected chi connectivity index (χ2v) is 6.69. The van der Waals surface area contributed by atoms with Gasteiger partial charge in [0.2, 0.25) is 0 Å². The highest BCUT2D eigenvalue weighted by atomic mass is 127. The van der Waals surface area contributed by atoms with Crippen LogP contribution < -0.4 is 10.6 Å². The van der Waals surface area contributed by atoms with Gasteiger partial charge in [-0.25, -0.2) is 4.39 Å². The van der Waals surface area contributed by atoms with Crippen LogP contribution in [-0.2, 0) is 6.42 Å². The lowest BCUT2D eigenvalue weighted by molar-refractivity contribution is 0.201. The summed E-state index contributed by atoms with van der Waals surface area (Å²) in [6.07, 6.45) is 4.69. The van der Waals surface area contributed by atoms with Gasteiger partial charge in [0.15, 0.2) is 5.96 Å². The highest BCUT2D eigenvalue weighted by Crippen LogP contribution is 2.10. The lowest BCUT2D eigenvalue weighted by Gasteiger charge is -2.29. The van der Waals surface area contributed by atoms with E-state index in [0.717, 1.165) is 24.6 Å². The van der Waals surface area contributed by atoms with Crippen LogP contribution in [0.25, 0.3) is 0 Å². The lowest BCUT2D eigenvalue weighted by Crippen LogP contribution is -2.43. The first-order chi connectivity index (χ1) is 11.7. The molecule has 0 saturated carbocycles. The summed E-state index contributed by atoms with van der Waals surface area (Å²) in [5.74, 6) is 1.22. The van der Waals surface area contributed by atoms with Crippen LogP contribution in [0, 0.1) is 11.7 Å². The first-order valence-corrected chi connectivity index (χ1v) is 9.09. The van der Waals surface area contributed by atoms with Gasteiger partial charge >= 0.3 is 0 Å². The Morgan fingerprint density at radius 1 is 1.20 bits per heavy atom. The van der Waals surface area contributed by atoms with Crippen molar-refractivity contribution in [3.63, 3.8) is 0 Å². The Morgan fingerprint density at radius 3 is 2.60 bits per heavy atom. The van der Waals surface area contributed by atoms with Crippen molar-refractivity contribution < 1.29 is 4.39 Å². The van der Waals surface area contributed by atoms with Gasteiger partial charge in [0.25, 0.3) is 0 Å². The summed E-state index contributed by atoms with van der Waals surface area (Å²) in [4.78, 5) is 6.81. The van der Waals surface area contributed by atoms with Gasteiger partial charge in [-0.1, -0.05) is 31.5 Å². The fourth-order valence-corrected chi connectivity index (χ4v) is 3.16. The van der Waals surface area contributed by atoms with Crippen LogP contribution in [-0.4, -0.2) is 50.6 Å². The first kappa shape index (κ1) is 22.2. The molecule has 2 N–H and O–H groups in total. The largest absolute Gasteiger partial charge is 0.356 e. The van der Waals surface area contributed by atoms with Crippen molar-refractivity contribution in [2.24, 2.45) is 10.9 Å².